The summed E-state index contributed by atoms with van der Waals surface area (Å²) in [7, 11) is -3.24. The molecule has 0 aliphatic carbocycles. The van der Waals surface area contributed by atoms with E-state index in [2.05, 4.69) is 0 Å². The molecular weight excluding hydrogens is 521 g/mol. The number of ether oxygens (including phenoxy) is 2. The maximum absolute atomic E-state index is 15.8. The van der Waals surface area contributed by atoms with E-state index in [1.807, 2.05) is 43.4 Å². The summed E-state index contributed by atoms with van der Waals surface area (Å²) < 4.78 is 64.0. The Labute approximate surface area is 209 Å². The fraction of sp³-hybridized carbons (Fsp3) is 0.750. The highest BCUT2D eigenvalue weighted by atomic mass is 31.2. The second kappa shape index (κ2) is 13.9. The zero-order valence-corrected chi connectivity index (χ0v) is 22.8. The molecule has 0 radical (unpaired) electrons. The highest BCUT2D eigenvalue weighted by molar-refractivity contribution is 7.53. The lowest BCUT2D eigenvalue weighted by atomic mass is 10.2. The summed E-state index contributed by atoms with van der Waals surface area (Å²) in [5, 5.41) is 8.92. The summed E-state index contributed by atoms with van der Waals surface area (Å²) in [6.45, 7) is 7.69. The van der Waals surface area contributed by atoms with Gasteiger partial charge in [0.1, 0.15) is 0 Å². The van der Waals surface area contributed by atoms with E-state index in [-0.39, 0.29) is 25.1 Å². The molecule has 2 heterocycles. The van der Waals surface area contributed by atoms with Gasteiger partial charge in [-0.15, -0.1) is 0 Å². The molecule has 1 N–H and O–H groups in total. The molecule has 2 rings (SSSR count). The van der Waals surface area contributed by atoms with E-state index < -0.39 is 58.5 Å². The summed E-state index contributed by atoms with van der Waals surface area (Å²) in [6.07, 6.45) is -5.79. The van der Waals surface area contributed by atoms with Crippen molar-refractivity contribution in [2.24, 2.45) is 0 Å². The molecule has 204 valence electrons. The number of nitriles is 1. The van der Waals surface area contributed by atoms with Crippen molar-refractivity contribution in [3.63, 3.8) is 0 Å². The Morgan fingerprint density at radius 3 is 2.44 bits per heavy atom. The van der Waals surface area contributed by atoms with Crippen LogP contribution in [-0.2, 0) is 32.1 Å². The van der Waals surface area contributed by atoms with E-state index >= 15 is 4.39 Å². The molecule has 0 aromatic carbocycles. The van der Waals surface area contributed by atoms with Gasteiger partial charge in [0.15, 0.2) is 31.1 Å². The number of rotatable bonds is 14. The summed E-state index contributed by atoms with van der Waals surface area (Å²) in [4.78, 5) is 25.8. The van der Waals surface area contributed by atoms with Gasteiger partial charge in [0.2, 0.25) is 0 Å². The van der Waals surface area contributed by atoms with Gasteiger partial charge in [0.25, 0.3) is 14.1 Å². The van der Waals surface area contributed by atoms with Gasteiger partial charge in [-0.05, 0) is 27.7 Å². The molecule has 13 nitrogen and oxygen atoms in total. The summed E-state index contributed by atoms with van der Waals surface area (Å²) in [6, 6.07) is 2.88. The van der Waals surface area contributed by atoms with Crippen molar-refractivity contribution in [2.45, 2.75) is 71.0 Å². The lowest BCUT2D eigenvalue weighted by Gasteiger charge is -2.37. The van der Waals surface area contributed by atoms with Crippen LogP contribution in [0.15, 0.2) is 21.9 Å². The highest BCUT2D eigenvalue weighted by Crippen LogP contribution is 2.52. The third-order valence-electron chi connectivity index (χ3n) is 5.08. The van der Waals surface area contributed by atoms with Crippen LogP contribution in [0.3, 0.4) is 0 Å². The fourth-order valence-electron chi connectivity index (χ4n) is 3.43. The van der Waals surface area contributed by atoms with Gasteiger partial charge in [-0.1, -0.05) is 0 Å². The van der Waals surface area contributed by atoms with Crippen LogP contribution >= 0.6 is 16.1 Å². The van der Waals surface area contributed by atoms with Crippen LogP contribution in [0.2, 0.25) is 0 Å². The fourth-order valence-corrected chi connectivity index (χ4v) is 5.85. The molecule has 5 unspecified atom stereocenters. The van der Waals surface area contributed by atoms with Crippen LogP contribution in [-0.4, -0.2) is 72.0 Å². The Bertz CT molecular complexity index is 1030. The first kappa shape index (κ1) is 30.7. The summed E-state index contributed by atoms with van der Waals surface area (Å²) in [5.41, 5.74) is -1.56. The van der Waals surface area contributed by atoms with Crippen LogP contribution in [0.5, 0.6) is 0 Å². The number of hydrogen-bond donors (Lipinski definition) is 1. The first-order valence-corrected chi connectivity index (χ1v) is 14.0. The zero-order valence-electron chi connectivity index (χ0n) is 21.0. The Morgan fingerprint density at radius 2 is 1.92 bits per heavy atom. The summed E-state index contributed by atoms with van der Waals surface area (Å²) >= 11 is 0. The van der Waals surface area contributed by atoms with Gasteiger partial charge >= 0.3 is 13.3 Å². The predicted molar refractivity (Wildman–Crippen MR) is 128 cm³/mol. The van der Waals surface area contributed by atoms with Crippen LogP contribution < -0.4 is 11.2 Å². The Balaban J connectivity index is 2.41. The van der Waals surface area contributed by atoms with Gasteiger partial charge in [-0.25, -0.2) is 13.9 Å². The van der Waals surface area contributed by atoms with Crippen molar-refractivity contribution in [3.8, 4) is 6.07 Å². The molecule has 1 aromatic heterocycles. The molecule has 1 aliphatic heterocycles. The maximum Gasteiger partial charge on any atom is 0.355 e. The number of nitrogens with zero attached hydrogens (tertiary/aromatic N) is 3. The van der Waals surface area contributed by atoms with Crippen LogP contribution in [0.25, 0.3) is 0 Å². The number of alkyl halides is 1. The van der Waals surface area contributed by atoms with E-state index in [1.54, 1.807) is 0 Å². The lowest BCUT2D eigenvalue weighted by molar-refractivity contribution is -0.166. The van der Waals surface area contributed by atoms with Crippen LogP contribution in [0.4, 0.5) is 4.39 Å². The Morgan fingerprint density at radius 1 is 1.28 bits per heavy atom. The molecule has 36 heavy (non-hydrogen) atoms. The van der Waals surface area contributed by atoms with Gasteiger partial charge in [-0.3, -0.25) is 18.9 Å². The normalized spacial score (nSPS) is 23.5. The van der Waals surface area contributed by atoms with Crippen molar-refractivity contribution >= 4 is 16.1 Å². The molecule has 1 aliphatic rings. The molecule has 0 bridgehead atoms. The van der Waals surface area contributed by atoms with Gasteiger partial charge in [0, 0.05) is 38.6 Å². The number of halogens is 1. The SMILES string of the molecule is COP(=O)(COC1OC(n2ccc(=O)[nH]c2=O)C(F)C1OP(OCCC#N)N(C(C)C)C(C)C)OC. The van der Waals surface area contributed by atoms with Crippen LogP contribution in [0, 0.1) is 11.3 Å². The maximum atomic E-state index is 15.8. The molecule has 0 saturated carbocycles. The Kier molecular flexibility index (Phi) is 11.8. The second-order valence-corrected chi connectivity index (χ2v) is 11.9. The molecular formula is C20H33FN4O9P2. The molecule has 1 saturated heterocycles. The standard InChI is InChI=1S/C20H33FN4O9P2/c1-13(2)25(14(3)4)35(32-11-7-9-22)34-17-16(21)18(24-10-8-15(26)23-20(24)27)33-19(17)31-12-36(28,29-5)30-6/h8,10,13-14,16-19H,7,11-12H2,1-6H3,(H,23,26,27). The minimum absolute atomic E-state index is 0.0412. The quantitative estimate of drug-likeness (QED) is 0.267. The largest absolute Gasteiger partial charge is 0.355 e. The number of aromatic amines is 1. The monoisotopic (exact) mass is 554 g/mol. The minimum atomic E-state index is -3.66. The lowest BCUT2D eigenvalue weighted by Crippen LogP contribution is -2.39. The third-order valence-corrected chi connectivity index (χ3v) is 8.79. The topological polar surface area (TPSA) is 154 Å². The smallest absolute Gasteiger partial charge is 0.337 e. The van der Waals surface area contributed by atoms with Crippen molar-refractivity contribution < 1.29 is 36.5 Å². The van der Waals surface area contributed by atoms with Crippen LogP contribution in [0.1, 0.15) is 40.3 Å². The van der Waals surface area contributed by atoms with Gasteiger partial charge in [0.05, 0.1) is 19.1 Å². The number of nitrogens with one attached hydrogen (secondary N) is 1. The second-order valence-electron chi connectivity index (χ2n) is 8.25. The number of H-pyrrole nitrogens is 1. The molecule has 0 spiro atoms. The van der Waals surface area contributed by atoms with E-state index in [9.17, 15) is 14.2 Å². The first-order valence-electron chi connectivity index (χ1n) is 11.2. The molecule has 0 amide bonds. The van der Waals surface area contributed by atoms with Gasteiger partial charge in [-0.2, -0.15) is 5.26 Å². The Hall–Kier alpha value is -1.52. The average molecular weight is 554 g/mol. The molecule has 5 atom stereocenters. The molecule has 1 aromatic rings. The molecule has 16 heteroatoms. The van der Waals surface area contributed by atoms with E-state index in [1.165, 1.54) is 14.2 Å². The van der Waals surface area contributed by atoms with E-state index in [0.29, 0.717) is 0 Å². The highest BCUT2D eigenvalue weighted by Gasteiger charge is 2.51. The first-order chi connectivity index (χ1) is 17.0. The number of hydrogen-bond acceptors (Lipinski definition) is 11. The number of aromatic nitrogens is 2. The van der Waals surface area contributed by atoms with Crippen molar-refractivity contribution in [1.29, 1.82) is 5.26 Å². The van der Waals surface area contributed by atoms with Crippen molar-refractivity contribution in [1.82, 2.24) is 14.2 Å². The predicted octanol–water partition coefficient (Wildman–Crippen LogP) is 2.85. The average Bonchev–Trinajstić information content (AvgIpc) is 3.12. The van der Waals surface area contributed by atoms with Gasteiger partial charge < -0.3 is 27.6 Å². The summed E-state index contributed by atoms with van der Waals surface area (Å²) in [5.74, 6) is 0. The van der Waals surface area contributed by atoms with E-state index in [4.69, 9.17) is 32.8 Å². The van der Waals surface area contributed by atoms with Crippen molar-refractivity contribution in [3.05, 3.63) is 33.1 Å². The van der Waals surface area contributed by atoms with E-state index in [0.717, 1.165) is 16.8 Å². The third kappa shape index (κ3) is 7.74. The zero-order chi connectivity index (χ0) is 27.0. The molecule has 1 fully saturated rings. The van der Waals surface area contributed by atoms with Crippen molar-refractivity contribution in [2.75, 3.05) is 27.2 Å². The minimum Gasteiger partial charge on any atom is -0.337 e.